The number of nitrogens with zero attached hydrogens (tertiary/aromatic N) is 4. The Morgan fingerprint density at radius 2 is 1.67 bits per heavy atom. The van der Waals surface area contributed by atoms with Gasteiger partial charge in [-0.05, 0) is 51.7 Å². The number of sulfonamides is 1. The van der Waals surface area contributed by atoms with E-state index in [9.17, 15) is 13.2 Å². The minimum atomic E-state index is -3.44. The summed E-state index contributed by atoms with van der Waals surface area (Å²) < 4.78 is 32.6. The maximum atomic E-state index is 12.9. The average Bonchev–Trinajstić information content (AvgIpc) is 3.29. The number of hydrogen-bond acceptors (Lipinski definition) is 6. The maximum Gasteiger partial charge on any atom is 0.244 e. The van der Waals surface area contributed by atoms with Crippen LogP contribution in [0.15, 0.2) is 23.2 Å². The predicted molar refractivity (Wildman–Crippen MR) is 114 cm³/mol. The second kappa shape index (κ2) is 8.80. The Morgan fingerprint density at radius 3 is 2.23 bits per heavy atom. The Bertz CT molecular complexity index is 836. The fourth-order valence-corrected chi connectivity index (χ4v) is 6.22. The van der Waals surface area contributed by atoms with Crippen LogP contribution in [0.3, 0.4) is 0 Å². The molecule has 4 rings (SSSR count). The highest BCUT2D eigenvalue weighted by molar-refractivity contribution is 7.89. The number of anilines is 1. The van der Waals surface area contributed by atoms with Gasteiger partial charge in [-0.1, -0.05) is 0 Å². The molecule has 0 radical (unpaired) electrons. The third kappa shape index (κ3) is 4.48. The van der Waals surface area contributed by atoms with Gasteiger partial charge < -0.3 is 14.5 Å². The molecule has 3 aliphatic heterocycles. The van der Waals surface area contributed by atoms with Gasteiger partial charge in [0.2, 0.25) is 15.9 Å². The van der Waals surface area contributed by atoms with E-state index in [1.165, 1.54) is 10.5 Å². The summed E-state index contributed by atoms with van der Waals surface area (Å²) in [5, 5.41) is 0. The Labute approximate surface area is 179 Å². The van der Waals surface area contributed by atoms with E-state index in [-0.39, 0.29) is 28.9 Å². The molecule has 0 saturated carbocycles. The maximum absolute atomic E-state index is 12.9. The number of pyridine rings is 1. The van der Waals surface area contributed by atoms with Gasteiger partial charge in [-0.15, -0.1) is 0 Å². The van der Waals surface area contributed by atoms with E-state index < -0.39 is 10.0 Å². The predicted octanol–water partition coefficient (Wildman–Crippen LogP) is 1.72. The molecule has 3 fully saturated rings. The Balaban J connectivity index is 1.34. The second-order valence-corrected chi connectivity index (χ2v) is 10.7. The molecule has 2 unspecified atom stereocenters. The van der Waals surface area contributed by atoms with Crippen LogP contribution in [-0.4, -0.2) is 80.0 Å². The molecule has 8 nitrogen and oxygen atoms in total. The van der Waals surface area contributed by atoms with Gasteiger partial charge in [0.05, 0.1) is 12.2 Å². The lowest BCUT2D eigenvalue weighted by molar-refractivity contribution is -0.148. The summed E-state index contributed by atoms with van der Waals surface area (Å²) in [5.74, 6) is 1.04. The van der Waals surface area contributed by atoms with Crippen molar-refractivity contribution < 1.29 is 17.9 Å². The molecule has 1 aromatic rings. The monoisotopic (exact) mass is 436 g/mol. The first-order chi connectivity index (χ1) is 14.3. The summed E-state index contributed by atoms with van der Waals surface area (Å²) in [6.07, 6.45) is 5.04. The zero-order valence-corrected chi connectivity index (χ0v) is 18.7. The van der Waals surface area contributed by atoms with Gasteiger partial charge in [0, 0.05) is 51.4 Å². The molecule has 0 spiro atoms. The average molecular weight is 437 g/mol. The third-order valence-electron chi connectivity index (χ3n) is 6.32. The smallest absolute Gasteiger partial charge is 0.244 e. The van der Waals surface area contributed by atoms with Crippen LogP contribution in [0, 0.1) is 5.92 Å². The van der Waals surface area contributed by atoms with Crippen LogP contribution in [0.5, 0.6) is 0 Å². The molecule has 0 aliphatic carbocycles. The minimum absolute atomic E-state index is 0.0357. The first-order valence-corrected chi connectivity index (χ1v) is 12.4. The lowest BCUT2D eigenvalue weighted by Crippen LogP contribution is -2.51. The zero-order valence-electron chi connectivity index (χ0n) is 17.9. The minimum Gasteiger partial charge on any atom is -0.372 e. The van der Waals surface area contributed by atoms with Gasteiger partial charge in [-0.2, -0.15) is 4.31 Å². The van der Waals surface area contributed by atoms with E-state index in [0.717, 1.165) is 44.6 Å². The lowest BCUT2D eigenvalue weighted by atomic mass is 9.94. The van der Waals surface area contributed by atoms with Gasteiger partial charge in [0.1, 0.15) is 10.7 Å². The normalized spacial score (nSPS) is 26.9. The summed E-state index contributed by atoms with van der Waals surface area (Å²) in [6, 6.07) is 3.44. The Hall–Kier alpha value is -1.71. The SMILES string of the molecule is CC1CN(C(=O)C2CCN(c3ccc(S(=O)(=O)N4CCCC4)cn3)CC2)CC(C)O1. The van der Waals surface area contributed by atoms with Crippen molar-refractivity contribution in [2.75, 3.05) is 44.2 Å². The van der Waals surface area contributed by atoms with E-state index in [4.69, 9.17) is 4.74 Å². The van der Waals surface area contributed by atoms with Gasteiger partial charge in [0.25, 0.3) is 0 Å². The van der Waals surface area contributed by atoms with Gasteiger partial charge in [-0.3, -0.25) is 4.79 Å². The van der Waals surface area contributed by atoms with Crippen LogP contribution >= 0.6 is 0 Å². The molecule has 2 atom stereocenters. The highest BCUT2D eigenvalue weighted by atomic mass is 32.2. The number of carbonyl (C=O) groups excluding carboxylic acids is 1. The fraction of sp³-hybridized carbons (Fsp3) is 0.714. The van der Waals surface area contributed by atoms with Crippen molar-refractivity contribution in [3.63, 3.8) is 0 Å². The van der Waals surface area contributed by atoms with Crippen LogP contribution in [0.4, 0.5) is 5.82 Å². The molecule has 30 heavy (non-hydrogen) atoms. The second-order valence-electron chi connectivity index (χ2n) is 8.73. The first-order valence-electron chi connectivity index (χ1n) is 11.0. The van der Waals surface area contributed by atoms with Crippen LogP contribution in [0.25, 0.3) is 0 Å². The summed E-state index contributed by atoms with van der Waals surface area (Å²) in [7, 11) is -3.44. The molecule has 3 saturated heterocycles. The van der Waals surface area contributed by atoms with Crippen molar-refractivity contribution in [1.82, 2.24) is 14.2 Å². The summed E-state index contributed by atoms with van der Waals surface area (Å²) in [4.78, 5) is 21.7. The molecule has 166 valence electrons. The summed E-state index contributed by atoms with van der Waals surface area (Å²) in [6.45, 7) is 8.03. The number of aromatic nitrogens is 1. The molecule has 1 aromatic heterocycles. The molecule has 0 aromatic carbocycles. The van der Waals surface area contributed by atoms with E-state index in [1.807, 2.05) is 18.7 Å². The van der Waals surface area contributed by atoms with Crippen molar-refractivity contribution in [3.8, 4) is 0 Å². The third-order valence-corrected chi connectivity index (χ3v) is 8.21. The number of rotatable bonds is 4. The van der Waals surface area contributed by atoms with E-state index >= 15 is 0 Å². The van der Waals surface area contributed by atoms with Crippen LogP contribution in [0.2, 0.25) is 0 Å². The van der Waals surface area contributed by atoms with Crippen LogP contribution in [-0.2, 0) is 19.6 Å². The summed E-state index contributed by atoms with van der Waals surface area (Å²) >= 11 is 0. The Morgan fingerprint density at radius 1 is 1.03 bits per heavy atom. The molecule has 0 bridgehead atoms. The molecule has 4 heterocycles. The number of piperidine rings is 1. The largest absolute Gasteiger partial charge is 0.372 e. The van der Waals surface area contributed by atoms with Crippen LogP contribution in [0.1, 0.15) is 39.5 Å². The molecule has 3 aliphatic rings. The standard InChI is InChI=1S/C21H32N4O4S/c1-16-14-24(15-17(2)29-16)21(26)18-7-11-23(12-8-18)20-6-5-19(13-22-20)30(27,28)25-9-3-4-10-25/h5-6,13,16-18H,3-4,7-12,14-15H2,1-2H3. The number of amides is 1. The van der Waals surface area contributed by atoms with E-state index in [0.29, 0.717) is 26.2 Å². The van der Waals surface area contributed by atoms with Crippen molar-refractivity contribution >= 4 is 21.7 Å². The van der Waals surface area contributed by atoms with Gasteiger partial charge in [-0.25, -0.2) is 13.4 Å². The molecule has 1 amide bonds. The van der Waals surface area contributed by atoms with E-state index in [2.05, 4.69) is 9.88 Å². The topological polar surface area (TPSA) is 83.1 Å². The lowest BCUT2D eigenvalue weighted by Gasteiger charge is -2.39. The molecular weight excluding hydrogens is 404 g/mol. The van der Waals surface area contributed by atoms with Gasteiger partial charge >= 0.3 is 0 Å². The van der Waals surface area contributed by atoms with Crippen LogP contribution < -0.4 is 4.90 Å². The first kappa shape index (κ1) is 21.5. The highest BCUT2D eigenvalue weighted by Crippen LogP contribution is 2.26. The molecule has 9 heteroatoms. The molecule has 0 N–H and O–H groups in total. The van der Waals surface area contributed by atoms with Crippen molar-refractivity contribution in [2.45, 2.75) is 56.6 Å². The van der Waals surface area contributed by atoms with E-state index in [1.54, 1.807) is 12.1 Å². The molecular formula is C21H32N4O4S. The summed E-state index contributed by atoms with van der Waals surface area (Å²) in [5.41, 5.74) is 0. The van der Waals surface area contributed by atoms with Gasteiger partial charge in [0.15, 0.2) is 0 Å². The Kier molecular flexibility index (Phi) is 6.31. The fourth-order valence-electron chi connectivity index (χ4n) is 4.76. The zero-order chi connectivity index (χ0) is 21.3. The van der Waals surface area contributed by atoms with Crippen molar-refractivity contribution in [3.05, 3.63) is 18.3 Å². The number of hydrogen-bond donors (Lipinski definition) is 0. The number of carbonyl (C=O) groups is 1. The highest BCUT2D eigenvalue weighted by Gasteiger charge is 2.33. The van der Waals surface area contributed by atoms with Crippen molar-refractivity contribution in [2.24, 2.45) is 5.92 Å². The number of morpholine rings is 1. The number of ether oxygens (including phenoxy) is 1. The quantitative estimate of drug-likeness (QED) is 0.715. The van der Waals surface area contributed by atoms with Crippen molar-refractivity contribution in [1.29, 1.82) is 0 Å².